The number of esters is 1. The Morgan fingerprint density at radius 3 is 0.960 bits per heavy atom. The molecule has 0 saturated heterocycles. The number of hydrogen-bond acceptors (Lipinski definition) is 5. The Bertz CT molecular complexity index is 1170. The molecule has 0 aliphatic carbocycles. The third kappa shape index (κ3) is 61.4. The molecule has 2 atom stereocenters. The van der Waals surface area contributed by atoms with E-state index in [0.717, 1.165) is 44.9 Å². The van der Waals surface area contributed by atoms with E-state index in [1.807, 2.05) is 6.08 Å². The molecular weight excluding hydrogens is 923 g/mol. The number of amides is 1. The number of carbonyl (C=O) groups is 2. The SMILES string of the molecule is CCCCCC/C=C\CCCCCCCC(=O)OCCCCCCCCCCCCCCCCCCCCCCCC(=O)NC(CO)C(O)/C=C/CCCCCCCCCCCCCCCCCCCCCCCC. The third-order valence-corrected chi connectivity index (χ3v) is 16.0. The van der Waals surface area contributed by atoms with Crippen molar-refractivity contribution in [1.29, 1.82) is 0 Å². The molecule has 0 radical (unpaired) electrons. The Morgan fingerprint density at radius 2 is 0.627 bits per heavy atom. The van der Waals surface area contributed by atoms with Crippen LogP contribution in [0.4, 0.5) is 0 Å². The van der Waals surface area contributed by atoms with Gasteiger partial charge in [-0.15, -0.1) is 0 Å². The Kier molecular flexibility index (Phi) is 63.4. The van der Waals surface area contributed by atoms with Gasteiger partial charge in [-0.25, -0.2) is 0 Å². The first-order valence-corrected chi connectivity index (χ1v) is 34.1. The van der Waals surface area contributed by atoms with Gasteiger partial charge in [0.1, 0.15) is 0 Å². The molecule has 0 aliphatic heterocycles. The van der Waals surface area contributed by atoms with Crippen LogP contribution in [0.2, 0.25) is 0 Å². The molecule has 0 spiro atoms. The maximum atomic E-state index is 12.5. The molecule has 6 nitrogen and oxygen atoms in total. The van der Waals surface area contributed by atoms with Crippen LogP contribution in [0.1, 0.15) is 380 Å². The summed E-state index contributed by atoms with van der Waals surface area (Å²) in [7, 11) is 0. The van der Waals surface area contributed by atoms with Crippen molar-refractivity contribution < 1.29 is 24.5 Å². The topological polar surface area (TPSA) is 95.9 Å². The van der Waals surface area contributed by atoms with E-state index < -0.39 is 12.1 Å². The summed E-state index contributed by atoms with van der Waals surface area (Å²) in [5.74, 6) is -0.0619. The lowest BCUT2D eigenvalue weighted by Gasteiger charge is -2.20. The van der Waals surface area contributed by atoms with Crippen LogP contribution in [0.5, 0.6) is 0 Å². The van der Waals surface area contributed by atoms with E-state index in [0.29, 0.717) is 19.4 Å². The van der Waals surface area contributed by atoms with Crippen molar-refractivity contribution in [2.45, 2.75) is 392 Å². The number of ether oxygens (including phenoxy) is 1. The van der Waals surface area contributed by atoms with E-state index in [9.17, 15) is 19.8 Å². The van der Waals surface area contributed by atoms with Crippen LogP contribution in [0.3, 0.4) is 0 Å². The van der Waals surface area contributed by atoms with Gasteiger partial charge >= 0.3 is 5.97 Å². The van der Waals surface area contributed by atoms with E-state index in [2.05, 4.69) is 31.3 Å². The maximum Gasteiger partial charge on any atom is 0.305 e. The molecule has 444 valence electrons. The second kappa shape index (κ2) is 64.9. The van der Waals surface area contributed by atoms with Gasteiger partial charge in [-0.1, -0.05) is 334 Å². The minimum Gasteiger partial charge on any atom is -0.466 e. The number of aliphatic hydroxyl groups excluding tert-OH is 2. The molecular formula is C69H133NO5. The van der Waals surface area contributed by atoms with E-state index in [1.165, 1.54) is 308 Å². The molecule has 0 saturated carbocycles. The number of carbonyl (C=O) groups excluding carboxylic acids is 2. The number of aliphatic hydroxyl groups is 2. The van der Waals surface area contributed by atoms with Crippen LogP contribution in [-0.4, -0.2) is 47.4 Å². The molecule has 75 heavy (non-hydrogen) atoms. The minimum absolute atomic E-state index is 0.00289. The van der Waals surface area contributed by atoms with Gasteiger partial charge in [0.05, 0.1) is 25.4 Å². The van der Waals surface area contributed by atoms with Crippen molar-refractivity contribution in [3.63, 3.8) is 0 Å². The first-order valence-electron chi connectivity index (χ1n) is 34.1. The summed E-state index contributed by atoms with van der Waals surface area (Å²) in [6.07, 6.45) is 81.0. The van der Waals surface area contributed by atoms with Crippen molar-refractivity contribution >= 4 is 11.9 Å². The van der Waals surface area contributed by atoms with E-state index in [-0.39, 0.29) is 18.5 Å². The molecule has 6 heteroatoms. The molecule has 0 aliphatic rings. The predicted molar refractivity (Wildman–Crippen MR) is 329 cm³/mol. The Hall–Kier alpha value is -1.66. The van der Waals surface area contributed by atoms with Crippen molar-refractivity contribution in [2.24, 2.45) is 0 Å². The lowest BCUT2D eigenvalue weighted by atomic mass is 10.0. The summed E-state index contributed by atoms with van der Waals surface area (Å²) in [5, 5.41) is 23.3. The van der Waals surface area contributed by atoms with E-state index in [1.54, 1.807) is 6.08 Å². The van der Waals surface area contributed by atoms with Gasteiger partial charge in [0.2, 0.25) is 5.91 Å². The molecule has 3 N–H and O–H groups in total. The van der Waals surface area contributed by atoms with Gasteiger partial charge in [0, 0.05) is 12.8 Å². The third-order valence-electron chi connectivity index (χ3n) is 16.0. The highest BCUT2D eigenvalue weighted by Crippen LogP contribution is 2.19. The summed E-state index contributed by atoms with van der Waals surface area (Å²) in [4.78, 5) is 24.6. The fourth-order valence-electron chi connectivity index (χ4n) is 10.7. The number of rotatable bonds is 64. The molecule has 0 rings (SSSR count). The van der Waals surface area contributed by atoms with Gasteiger partial charge in [0.25, 0.3) is 0 Å². The van der Waals surface area contributed by atoms with Gasteiger partial charge in [0.15, 0.2) is 0 Å². The van der Waals surface area contributed by atoms with Gasteiger partial charge in [-0.2, -0.15) is 0 Å². The zero-order valence-electron chi connectivity index (χ0n) is 50.8. The number of allylic oxidation sites excluding steroid dienone is 3. The molecule has 0 fully saturated rings. The van der Waals surface area contributed by atoms with Crippen molar-refractivity contribution in [3.8, 4) is 0 Å². The standard InChI is InChI=1S/C69H133NO5/c1-3-5-7-9-11-13-15-17-18-19-20-21-22-23-25-28-31-34-38-41-45-49-53-57-61-67(72)66(65-71)70-68(73)62-58-54-50-46-42-39-35-32-29-26-24-27-30-33-36-40-44-48-52-56-60-64-75-69(74)63-59-55-51-47-43-37-16-14-12-10-8-6-4-2/h14,16,57,61,66-67,71-72H,3-13,15,17-56,58-60,62-65H2,1-2H3,(H,70,73)/b16-14-,61-57+. The molecule has 0 aromatic rings. The fraction of sp³-hybridized carbons (Fsp3) is 0.913. The highest BCUT2D eigenvalue weighted by Gasteiger charge is 2.18. The molecule has 0 aromatic carbocycles. The van der Waals surface area contributed by atoms with Crippen LogP contribution < -0.4 is 5.32 Å². The largest absolute Gasteiger partial charge is 0.466 e. The van der Waals surface area contributed by atoms with Crippen molar-refractivity contribution in [3.05, 3.63) is 24.3 Å². The summed E-state index contributed by atoms with van der Waals surface area (Å²) in [5.41, 5.74) is 0. The zero-order valence-corrected chi connectivity index (χ0v) is 50.8. The van der Waals surface area contributed by atoms with Crippen LogP contribution in [0, 0.1) is 0 Å². The lowest BCUT2D eigenvalue weighted by Crippen LogP contribution is -2.45. The van der Waals surface area contributed by atoms with Crippen molar-refractivity contribution in [1.82, 2.24) is 5.32 Å². The first kappa shape index (κ1) is 73.3. The quantitative estimate of drug-likeness (QED) is 0.0320. The fourth-order valence-corrected chi connectivity index (χ4v) is 10.7. The molecule has 0 heterocycles. The zero-order chi connectivity index (χ0) is 54.3. The summed E-state index contributed by atoms with van der Waals surface area (Å²) < 4.78 is 5.48. The average molecular weight is 1060 g/mol. The van der Waals surface area contributed by atoms with Crippen LogP contribution in [-0.2, 0) is 14.3 Å². The maximum absolute atomic E-state index is 12.5. The van der Waals surface area contributed by atoms with Crippen LogP contribution in [0.25, 0.3) is 0 Å². The average Bonchev–Trinajstić information content (AvgIpc) is 3.41. The van der Waals surface area contributed by atoms with Gasteiger partial charge in [-0.05, 0) is 57.8 Å². The predicted octanol–water partition coefficient (Wildman–Crippen LogP) is 21.8. The molecule has 0 bridgehead atoms. The monoisotopic (exact) mass is 1060 g/mol. The normalized spacial score (nSPS) is 12.6. The van der Waals surface area contributed by atoms with E-state index >= 15 is 0 Å². The summed E-state index contributed by atoms with van der Waals surface area (Å²) in [6, 6.07) is -0.630. The highest BCUT2D eigenvalue weighted by atomic mass is 16.5. The van der Waals surface area contributed by atoms with Crippen molar-refractivity contribution in [2.75, 3.05) is 13.2 Å². The number of nitrogens with one attached hydrogen (secondary N) is 1. The smallest absolute Gasteiger partial charge is 0.305 e. The minimum atomic E-state index is -0.846. The molecule has 0 aromatic heterocycles. The second-order valence-electron chi connectivity index (χ2n) is 23.5. The van der Waals surface area contributed by atoms with E-state index in [4.69, 9.17) is 4.74 Å². The second-order valence-corrected chi connectivity index (χ2v) is 23.5. The molecule has 1 amide bonds. The lowest BCUT2D eigenvalue weighted by molar-refractivity contribution is -0.143. The Labute approximate surface area is 469 Å². The number of hydrogen-bond donors (Lipinski definition) is 3. The Morgan fingerprint density at radius 1 is 0.360 bits per heavy atom. The highest BCUT2D eigenvalue weighted by molar-refractivity contribution is 5.76. The van der Waals surface area contributed by atoms with Gasteiger partial charge in [-0.3, -0.25) is 9.59 Å². The van der Waals surface area contributed by atoms with Gasteiger partial charge < -0.3 is 20.3 Å². The van der Waals surface area contributed by atoms with Crippen LogP contribution in [0.15, 0.2) is 24.3 Å². The number of unbranched alkanes of at least 4 members (excludes halogenated alkanes) is 51. The summed E-state index contributed by atoms with van der Waals surface area (Å²) in [6.45, 7) is 4.92. The summed E-state index contributed by atoms with van der Waals surface area (Å²) >= 11 is 0. The first-order chi connectivity index (χ1) is 37.0. The molecule has 2 unspecified atom stereocenters. The van der Waals surface area contributed by atoms with Crippen LogP contribution >= 0.6 is 0 Å². The Balaban J connectivity index is 3.42.